The molecule has 2 aromatic rings. The van der Waals surface area contributed by atoms with Gasteiger partial charge in [0.2, 0.25) is 0 Å². The van der Waals surface area contributed by atoms with Gasteiger partial charge in [0.05, 0.1) is 6.54 Å². The van der Waals surface area contributed by atoms with Gasteiger partial charge in [0.25, 0.3) is 0 Å². The van der Waals surface area contributed by atoms with Gasteiger partial charge in [-0.15, -0.1) is 0 Å². The van der Waals surface area contributed by atoms with Crippen LogP contribution in [-0.2, 0) is 17.9 Å². The average Bonchev–Trinajstić information content (AvgIpc) is 2.88. The molecule has 0 amide bonds. The third-order valence-corrected chi connectivity index (χ3v) is 2.64. The Bertz CT molecular complexity index is 528. The normalized spacial score (nSPS) is 12.3. The Morgan fingerprint density at radius 3 is 3.00 bits per heavy atom. The Morgan fingerprint density at radius 2 is 2.30 bits per heavy atom. The number of nitrogens with zero attached hydrogens (tertiary/aromatic N) is 4. The van der Waals surface area contributed by atoms with Crippen LogP contribution in [0.4, 0.5) is 11.6 Å². The number of aromatic nitrogens is 4. The molecule has 0 spiro atoms. The van der Waals surface area contributed by atoms with Crippen molar-refractivity contribution in [3.8, 4) is 0 Å². The molecule has 0 aliphatic heterocycles. The van der Waals surface area contributed by atoms with E-state index in [9.17, 15) is 0 Å². The summed E-state index contributed by atoms with van der Waals surface area (Å²) in [5, 5.41) is 7.46. The lowest BCUT2D eigenvalue weighted by atomic mass is 10.3. The minimum absolute atomic E-state index is 0.171. The molecule has 0 fully saturated rings. The van der Waals surface area contributed by atoms with E-state index in [-0.39, 0.29) is 6.04 Å². The second kappa shape index (κ2) is 6.85. The van der Waals surface area contributed by atoms with E-state index >= 15 is 0 Å². The van der Waals surface area contributed by atoms with E-state index in [4.69, 9.17) is 10.5 Å². The van der Waals surface area contributed by atoms with E-state index in [1.807, 2.05) is 23.9 Å². The van der Waals surface area contributed by atoms with Crippen molar-refractivity contribution >= 4 is 11.6 Å². The SMILES string of the molecule is CCOCc1nc(N)cc(NC(C)Cn2cccn2)n1. The van der Waals surface area contributed by atoms with Crippen molar-refractivity contribution in [2.75, 3.05) is 17.7 Å². The van der Waals surface area contributed by atoms with Gasteiger partial charge in [-0.25, -0.2) is 9.97 Å². The number of anilines is 2. The van der Waals surface area contributed by atoms with Crippen LogP contribution in [0.2, 0.25) is 0 Å². The molecule has 0 aromatic carbocycles. The van der Waals surface area contributed by atoms with Gasteiger partial charge in [0, 0.05) is 31.1 Å². The van der Waals surface area contributed by atoms with Crippen LogP contribution < -0.4 is 11.1 Å². The number of nitrogens with one attached hydrogen (secondary N) is 1. The van der Waals surface area contributed by atoms with E-state index < -0.39 is 0 Å². The molecule has 0 saturated heterocycles. The summed E-state index contributed by atoms with van der Waals surface area (Å²) in [6.45, 7) is 5.72. The molecule has 1 unspecified atom stereocenters. The fraction of sp³-hybridized carbons (Fsp3) is 0.462. The standard InChI is InChI=1S/C13H20N6O/c1-3-20-9-13-17-11(14)7-12(18-13)16-10(2)8-19-6-4-5-15-19/h4-7,10H,3,8-9H2,1-2H3,(H3,14,16,17,18). The first kappa shape index (κ1) is 14.3. The highest BCUT2D eigenvalue weighted by Gasteiger charge is 2.07. The molecular formula is C13H20N6O. The fourth-order valence-corrected chi connectivity index (χ4v) is 1.84. The van der Waals surface area contributed by atoms with Crippen molar-refractivity contribution in [3.05, 3.63) is 30.4 Å². The van der Waals surface area contributed by atoms with Crippen LogP contribution in [0, 0.1) is 0 Å². The van der Waals surface area contributed by atoms with Crippen LogP contribution in [0.15, 0.2) is 24.5 Å². The van der Waals surface area contributed by atoms with Gasteiger partial charge in [-0.2, -0.15) is 5.10 Å². The second-order valence-corrected chi connectivity index (χ2v) is 4.50. The first-order chi connectivity index (χ1) is 9.67. The van der Waals surface area contributed by atoms with Crippen molar-refractivity contribution in [1.29, 1.82) is 0 Å². The van der Waals surface area contributed by atoms with Crippen LogP contribution in [-0.4, -0.2) is 32.4 Å². The van der Waals surface area contributed by atoms with E-state index in [1.165, 1.54) is 0 Å². The summed E-state index contributed by atoms with van der Waals surface area (Å²) in [6.07, 6.45) is 3.68. The third kappa shape index (κ3) is 4.20. The van der Waals surface area contributed by atoms with Crippen LogP contribution in [0.3, 0.4) is 0 Å². The van der Waals surface area contributed by atoms with Gasteiger partial charge >= 0.3 is 0 Å². The Kier molecular flexibility index (Phi) is 4.89. The molecule has 2 heterocycles. The predicted octanol–water partition coefficient (Wildman–Crippen LogP) is 1.29. The second-order valence-electron chi connectivity index (χ2n) is 4.50. The highest BCUT2D eigenvalue weighted by atomic mass is 16.5. The lowest BCUT2D eigenvalue weighted by Gasteiger charge is -2.15. The van der Waals surface area contributed by atoms with Crippen LogP contribution >= 0.6 is 0 Å². The summed E-state index contributed by atoms with van der Waals surface area (Å²) in [5.41, 5.74) is 5.78. The van der Waals surface area contributed by atoms with Gasteiger partial charge in [-0.1, -0.05) is 0 Å². The lowest BCUT2D eigenvalue weighted by Crippen LogP contribution is -2.23. The highest BCUT2D eigenvalue weighted by Crippen LogP contribution is 2.11. The lowest BCUT2D eigenvalue weighted by molar-refractivity contribution is 0.128. The van der Waals surface area contributed by atoms with Gasteiger partial charge in [0.1, 0.15) is 18.2 Å². The summed E-state index contributed by atoms with van der Waals surface area (Å²) in [6, 6.07) is 3.79. The van der Waals surface area contributed by atoms with Gasteiger partial charge < -0.3 is 15.8 Å². The number of rotatable bonds is 7. The maximum absolute atomic E-state index is 5.78. The molecule has 20 heavy (non-hydrogen) atoms. The Hall–Kier alpha value is -2.15. The van der Waals surface area contributed by atoms with Gasteiger partial charge in [0.15, 0.2) is 5.82 Å². The number of nitrogens with two attached hydrogens (primary N) is 1. The van der Waals surface area contributed by atoms with Crippen molar-refractivity contribution in [2.24, 2.45) is 0 Å². The van der Waals surface area contributed by atoms with Crippen LogP contribution in [0.5, 0.6) is 0 Å². The van der Waals surface area contributed by atoms with Crippen molar-refractivity contribution in [3.63, 3.8) is 0 Å². The molecule has 108 valence electrons. The highest BCUT2D eigenvalue weighted by molar-refractivity contribution is 5.45. The maximum Gasteiger partial charge on any atom is 0.158 e. The molecule has 0 saturated carbocycles. The molecule has 7 nitrogen and oxygen atoms in total. The van der Waals surface area contributed by atoms with Gasteiger partial charge in [-0.3, -0.25) is 4.68 Å². The van der Waals surface area contributed by atoms with Gasteiger partial charge in [-0.05, 0) is 19.9 Å². The summed E-state index contributed by atoms with van der Waals surface area (Å²) in [5.74, 6) is 1.72. The summed E-state index contributed by atoms with van der Waals surface area (Å²) in [4.78, 5) is 8.52. The number of hydrogen-bond donors (Lipinski definition) is 2. The fourth-order valence-electron chi connectivity index (χ4n) is 1.84. The van der Waals surface area contributed by atoms with E-state index in [0.29, 0.717) is 30.7 Å². The van der Waals surface area contributed by atoms with Crippen molar-refractivity contribution in [1.82, 2.24) is 19.7 Å². The van der Waals surface area contributed by atoms with Crippen molar-refractivity contribution in [2.45, 2.75) is 33.0 Å². The molecule has 7 heteroatoms. The monoisotopic (exact) mass is 276 g/mol. The maximum atomic E-state index is 5.78. The van der Waals surface area contributed by atoms with Crippen molar-refractivity contribution < 1.29 is 4.74 Å². The predicted molar refractivity (Wildman–Crippen MR) is 77.1 cm³/mol. The number of ether oxygens (including phenoxy) is 1. The van der Waals surface area contributed by atoms with Crippen LogP contribution in [0.1, 0.15) is 19.7 Å². The van der Waals surface area contributed by atoms with E-state index in [2.05, 4.69) is 27.3 Å². The smallest absolute Gasteiger partial charge is 0.158 e. The average molecular weight is 276 g/mol. The molecule has 3 N–H and O–H groups in total. The van der Waals surface area contributed by atoms with Crippen LogP contribution in [0.25, 0.3) is 0 Å². The number of nitrogen functional groups attached to an aromatic ring is 1. The first-order valence-electron chi connectivity index (χ1n) is 6.62. The zero-order chi connectivity index (χ0) is 14.4. The topological polar surface area (TPSA) is 90.9 Å². The van der Waals surface area contributed by atoms with E-state index in [0.717, 1.165) is 6.54 Å². The summed E-state index contributed by atoms with van der Waals surface area (Å²) in [7, 11) is 0. The first-order valence-corrected chi connectivity index (χ1v) is 6.62. The largest absolute Gasteiger partial charge is 0.384 e. The zero-order valence-electron chi connectivity index (χ0n) is 11.8. The molecule has 0 aliphatic carbocycles. The third-order valence-electron chi connectivity index (χ3n) is 2.64. The molecule has 1 atom stereocenters. The molecule has 0 radical (unpaired) electrons. The zero-order valence-corrected chi connectivity index (χ0v) is 11.8. The minimum atomic E-state index is 0.171. The Labute approximate surface area is 118 Å². The summed E-state index contributed by atoms with van der Waals surface area (Å²) < 4.78 is 7.16. The Balaban J connectivity index is 1.98. The molecule has 0 aliphatic rings. The Morgan fingerprint density at radius 1 is 1.45 bits per heavy atom. The molecule has 0 bridgehead atoms. The minimum Gasteiger partial charge on any atom is -0.384 e. The molecule has 2 rings (SSSR count). The molecule has 2 aromatic heterocycles. The van der Waals surface area contributed by atoms with E-state index in [1.54, 1.807) is 12.3 Å². The molecular weight excluding hydrogens is 256 g/mol. The quantitative estimate of drug-likeness (QED) is 0.792. The number of hydrogen-bond acceptors (Lipinski definition) is 6. The summed E-state index contributed by atoms with van der Waals surface area (Å²) >= 11 is 0.